The van der Waals surface area contributed by atoms with Gasteiger partial charge < -0.3 is 19.5 Å². The number of Topliss-reactive ketones (excluding diaryl/α,β-unsaturated/α-hetero) is 1. The van der Waals surface area contributed by atoms with E-state index >= 15 is 0 Å². The number of amides is 1. The highest BCUT2D eigenvalue weighted by molar-refractivity contribution is 6.04. The Hall–Kier alpha value is -4.40. The summed E-state index contributed by atoms with van der Waals surface area (Å²) in [6.07, 6.45) is 2.54. The number of hydrogen-bond acceptors (Lipinski definition) is 8. The second kappa shape index (κ2) is 12.2. The van der Waals surface area contributed by atoms with Crippen LogP contribution in [0.25, 0.3) is 0 Å². The van der Waals surface area contributed by atoms with Gasteiger partial charge in [-0.2, -0.15) is 5.10 Å². The lowest BCUT2D eigenvalue weighted by molar-refractivity contribution is -0.139. The maximum absolute atomic E-state index is 13.5. The number of dihydropyridines is 1. The van der Waals surface area contributed by atoms with Crippen LogP contribution in [-0.2, 0) is 19.1 Å². The summed E-state index contributed by atoms with van der Waals surface area (Å²) in [6, 6.07) is 14.4. The summed E-state index contributed by atoms with van der Waals surface area (Å²) in [5, 5.41) is 7.31. The summed E-state index contributed by atoms with van der Waals surface area (Å²) >= 11 is 0. The van der Waals surface area contributed by atoms with Gasteiger partial charge in [0.05, 0.1) is 31.4 Å². The van der Waals surface area contributed by atoms with Gasteiger partial charge in [0.1, 0.15) is 11.5 Å². The Kier molecular flexibility index (Phi) is 8.72. The topological polar surface area (TPSA) is 115 Å². The molecule has 2 aromatic carbocycles. The van der Waals surface area contributed by atoms with Crippen LogP contribution in [0.2, 0.25) is 0 Å². The maximum Gasteiger partial charge on any atom is 0.336 e. The summed E-state index contributed by atoms with van der Waals surface area (Å²) in [6.45, 7) is 7.55. The van der Waals surface area contributed by atoms with Crippen LogP contribution >= 0.6 is 0 Å². The lowest BCUT2D eigenvalue weighted by atomic mass is 9.68. The molecule has 0 bridgehead atoms. The molecule has 9 heteroatoms. The third-order valence-electron chi connectivity index (χ3n) is 6.84. The van der Waals surface area contributed by atoms with E-state index in [0.29, 0.717) is 41.0 Å². The van der Waals surface area contributed by atoms with E-state index in [1.807, 2.05) is 31.2 Å². The molecule has 1 unspecified atom stereocenters. The Morgan fingerprint density at radius 3 is 2.55 bits per heavy atom. The molecular formula is C31H35N3O6. The van der Waals surface area contributed by atoms with E-state index in [2.05, 4.69) is 29.7 Å². The Bertz CT molecular complexity index is 1390. The van der Waals surface area contributed by atoms with Crippen LogP contribution in [0.1, 0.15) is 57.6 Å². The molecule has 0 saturated heterocycles. The highest BCUT2D eigenvalue weighted by Gasteiger charge is 2.44. The quantitative estimate of drug-likeness (QED) is 0.273. The van der Waals surface area contributed by atoms with E-state index in [4.69, 9.17) is 14.2 Å². The van der Waals surface area contributed by atoms with Gasteiger partial charge in [-0.3, -0.25) is 9.59 Å². The first-order valence-corrected chi connectivity index (χ1v) is 13.2. The standard InChI is InChI=1S/C31H35N3O6/c1-6-39-30(37)27-19(2)33-23-15-31(3,4)16-24(35)29(23)28(27)22-9-7-8-10-25(22)40-18-26(36)34-32-17-20-11-13-21(38-5)14-12-20/h7-14,17,28,33H,6,15-16,18H2,1-5H3,(H,34,36). The van der Waals surface area contributed by atoms with E-state index in [1.165, 1.54) is 6.21 Å². The number of carbonyl (C=O) groups excluding carboxylic acids is 3. The first kappa shape index (κ1) is 28.6. The van der Waals surface area contributed by atoms with Crippen molar-refractivity contribution in [2.75, 3.05) is 20.3 Å². The number of benzene rings is 2. The maximum atomic E-state index is 13.5. The normalized spacial score (nSPS) is 18.2. The molecule has 2 aliphatic rings. The zero-order valence-corrected chi connectivity index (χ0v) is 23.5. The molecular weight excluding hydrogens is 510 g/mol. The Labute approximate surface area is 234 Å². The lowest BCUT2D eigenvalue weighted by Crippen LogP contribution is -2.38. The monoisotopic (exact) mass is 545 g/mol. The molecule has 40 heavy (non-hydrogen) atoms. The Morgan fingerprint density at radius 2 is 1.85 bits per heavy atom. The summed E-state index contributed by atoms with van der Waals surface area (Å²) < 4.78 is 16.5. The third kappa shape index (κ3) is 6.42. The van der Waals surface area contributed by atoms with Crippen LogP contribution in [0, 0.1) is 5.41 Å². The van der Waals surface area contributed by atoms with Crippen LogP contribution in [-0.4, -0.2) is 44.2 Å². The minimum absolute atomic E-state index is 0.0292. The number of hydrazone groups is 1. The second-order valence-corrected chi connectivity index (χ2v) is 10.5. The van der Waals surface area contributed by atoms with Crippen molar-refractivity contribution in [1.82, 2.24) is 10.7 Å². The van der Waals surface area contributed by atoms with Crippen LogP contribution < -0.4 is 20.2 Å². The number of hydrogen-bond donors (Lipinski definition) is 2. The summed E-state index contributed by atoms with van der Waals surface area (Å²) in [5.74, 6) is -0.563. The van der Waals surface area contributed by atoms with E-state index < -0.39 is 17.8 Å². The van der Waals surface area contributed by atoms with Crippen molar-refractivity contribution in [3.8, 4) is 11.5 Å². The Morgan fingerprint density at radius 1 is 1.12 bits per heavy atom. The fraction of sp³-hybridized carbons (Fsp3) is 0.355. The molecule has 0 fully saturated rings. The molecule has 0 radical (unpaired) electrons. The molecule has 1 heterocycles. The molecule has 1 atom stereocenters. The van der Waals surface area contributed by atoms with Gasteiger partial charge in [-0.1, -0.05) is 32.0 Å². The zero-order valence-electron chi connectivity index (χ0n) is 23.5. The molecule has 2 N–H and O–H groups in total. The van der Waals surface area contributed by atoms with Gasteiger partial charge in [-0.05, 0) is 61.6 Å². The number of rotatable bonds is 9. The van der Waals surface area contributed by atoms with E-state index in [1.54, 1.807) is 38.3 Å². The SMILES string of the molecule is CCOC(=O)C1=C(C)NC2=C(C(=O)CC(C)(C)C2)C1c1ccccc1OCC(=O)NN=Cc1ccc(OC)cc1. The number of nitrogens with one attached hydrogen (secondary N) is 2. The molecule has 2 aromatic rings. The first-order chi connectivity index (χ1) is 19.1. The second-order valence-electron chi connectivity index (χ2n) is 10.5. The number of esters is 1. The number of ketones is 1. The number of methoxy groups -OCH3 is 1. The number of ether oxygens (including phenoxy) is 3. The number of carbonyl (C=O) groups is 3. The van der Waals surface area contributed by atoms with Crippen molar-refractivity contribution in [2.24, 2.45) is 10.5 Å². The van der Waals surface area contributed by atoms with Crippen molar-refractivity contribution in [3.63, 3.8) is 0 Å². The minimum atomic E-state index is -0.689. The van der Waals surface area contributed by atoms with Crippen LogP contribution in [0.15, 0.2) is 76.2 Å². The average Bonchev–Trinajstić information content (AvgIpc) is 2.91. The number of para-hydroxylation sites is 1. The predicted molar refractivity (Wildman–Crippen MR) is 151 cm³/mol. The smallest absolute Gasteiger partial charge is 0.336 e. The van der Waals surface area contributed by atoms with Crippen molar-refractivity contribution in [1.29, 1.82) is 0 Å². The molecule has 1 aliphatic carbocycles. The largest absolute Gasteiger partial charge is 0.497 e. The highest BCUT2D eigenvalue weighted by Crippen LogP contribution is 2.48. The molecule has 1 aliphatic heterocycles. The highest BCUT2D eigenvalue weighted by atomic mass is 16.5. The summed E-state index contributed by atoms with van der Waals surface area (Å²) in [5.41, 5.74) is 5.98. The van der Waals surface area contributed by atoms with Crippen molar-refractivity contribution in [2.45, 2.75) is 46.5 Å². The molecule has 9 nitrogen and oxygen atoms in total. The molecule has 210 valence electrons. The van der Waals surface area contributed by atoms with Crippen LogP contribution in [0.4, 0.5) is 0 Å². The minimum Gasteiger partial charge on any atom is -0.497 e. The van der Waals surface area contributed by atoms with Gasteiger partial charge in [-0.15, -0.1) is 0 Å². The van der Waals surface area contributed by atoms with Gasteiger partial charge >= 0.3 is 5.97 Å². The fourth-order valence-corrected chi connectivity index (χ4v) is 5.12. The van der Waals surface area contributed by atoms with Gasteiger partial charge in [0.15, 0.2) is 12.4 Å². The van der Waals surface area contributed by atoms with E-state index in [0.717, 1.165) is 17.0 Å². The number of nitrogens with zero attached hydrogens (tertiary/aromatic N) is 1. The van der Waals surface area contributed by atoms with Crippen molar-refractivity contribution >= 4 is 23.9 Å². The third-order valence-corrected chi connectivity index (χ3v) is 6.84. The average molecular weight is 546 g/mol. The van der Waals surface area contributed by atoms with Gasteiger partial charge in [0.2, 0.25) is 0 Å². The molecule has 0 spiro atoms. The van der Waals surface area contributed by atoms with E-state index in [-0.39, 0.29) is 24.4 Å². The Balaban J connectivity index is 1.58. The van der Waals surface area contributed by atoms with Gasteiger partial charge in [0, 0.05) is 29.0 Å². The van der Waals surface area contributed by atoms with Crippen LogP contribution in [0.5, 0.6) is 11.5 Å². The summed E-state index contributed by atoms with van der Waals surface area (Å²) in [7, 11) is 1.59. The van der Waals surface area contributed by atoms with Crippen LogP contribution in [0.3, 0.4) is 0 Å². The molecule has 0 saturated carbocycles. The zero-order chi connectivity index (χ0) is 28.9. The first-order valence-electron chi connectivity index (χ1n) is 13.2. The predicted octanol–water partition coefficient (Wildman–Crippen LogP) is 4.39. The fourth-order valence-electron chi connectivity index (χ4n) is 5.12. The molecule has 0 aromatic heterocycles. The van der Waals surface area contributed by atoms with Crippen molar-refractivity contribution in [3.05, 3.63) is 82.2 Å². The van der Waals surface area contributed by atoms with Crippen molar-refractivity contribution < 1.29 is 28.6 Å². The van der Waals surface area contributed by atoms with Gasteiger partial charge in [-0.25, -0.2) is 10.2 Å². The summed E-state index contributed by atoms with van der Waals surface area (Å²) in [4.78, 5) is 39.2. The van der Waals surface area contributed by atoms with Gasteiger partial charge in [0.25, 0.3) is 5.91 Å². The molecule has 1 amide bonds. The van der Waals surface area contributed by atoms with E-state index in [9.17, 15) is 14.4 Å². The lowest BCUT2D eigenvalue weighted by Gasteiger charge is -2.39. The number of allylic oxidation sites excluding steroid dienone is 3. The molecule has 4 rings (SSSR count).